The van der Waals surface area contributed by atoms with E-state index in [1.54, 1.807) is 12.1 Å². The van der Waals surface area contributed by atoms with Crippen LogP contribution in [0.1, 0.15) is 0 Å². The Kier molecular flexibility index (Phi) is 14.0. The first kappa shape index (κ1) is 37.1. The number of hydrogen-bond acceptors (Lipinski definition) is 10. The number of carboxylic acid groups (broad SMARTS) is 2. The molecule has 0 amide bonds. The summed E-state index contributed by atoms with van der Waals surface area (Å²) in [6.07, 6.45) is -10.2. The molecule has 2 heterocycles. The van der Waals surface area contributed by atoms with Crippen molar-refractivity contribution >= 4 is 45.4 Å². The normalized spacial score (nSPS) is 11.2. The van der Waals surface area contributed by atoms with E-state index in [0.29, 0.717) is 51.3 Å². The highest BCUT2D eigenvalue weighted by atomic mass is 19.4. The van der Waals surface area contributed by atoms with E-state index in [1.165, 1.54) is 0 Å². The predicted molar refractivity (Wildman–Crippen MR) is 152 cm³/mol. The highest BCUT2D eigenvalue weighted by molar-refractivity contribution is 5.87. The minimum atomic E-state index is -5.08. The lowest BCUT2D eigenvalue weighted by atomic mass is 10.2. The second-order valence-electron chi connectivity index (χ2n) is 8.65. The maximum atomic E-state index is 10.6. The fourth-order valence-electron chi connectivity index (χ4n) is 3.28. The molecule has 4 rings (SSSR count). The number of anilines is 2. The topological polar surface area (TPSA) is 189 Å². The lowest BCUT2D eigenvalue weighted by molar-refractivity contribution is -0.193. The van der Waals surface area contributed by atoms with Crippen LogP contribution in [-0.4, -0.2) is 84.1 Å². The van der Waals surface area contributed by atoms with Crippen molar-refractivity contribution in [2.45, 2.75) is 12.4 Å². The molecule has 0 saturated heterocycles. The van der Waals surface area contributed by atoms with Gasteiger partial charge in [-0.2, -0.15) is 26.3 Å². The van der Waals surface area contributed by atoms with Crippen LogP contribution in [0.5, 0.6) is 11.5 Å². The Morgan fingerprint density at radius 2 is 0.913 bits per heavy atom. The summed E-state index contributed by atoms with van der Waals surface area (Å²) in [5.41, 5.74) is 13.1. The van der Waals surface area contributed by atoms with E-state index in [0.717, 1.165) is 33.3 Å². The molecule has 0 fully saturated rings. The van der Waals surface area contributed by atoms with Gasteiger partial charge >= 0.3 is 24.3 Å². The van der Waals surface area contributed by atoms with Crippen molar-refractivity contribution in [1.82, 2.24) is 9.97 Å². The first-order valence-electron chi connectivity index (χ1n) is 12.9. The second-order valence-corrected chi connectivity index (χ2v) is 8.65. The van der Waals surface area contributed by atoms with Crippen LogP contribution in [0.25, 0.3) is 21.8 Å². The Labute approximate surface area is 256 Å². The lowest BCUT2D eigenvalue weighted by Crippen LogP contribution is -2.21. The number of fused-ring (bicyclic) bond motifs is 2. The quantitative estimate of drug-likeness (QED) is 0.128. The summed E-state index contributed by atoms with van der Waals surface area (Å²) in [5.74, 6) is -3.01. The van der Waals surface area contributed by atoms with Gasteiger partial charge in [-0.1, -0.05) is 12.1 Å². The van der Waals surface area contributed by atoms with E-state index >= 15 is 0 Å². The Balaban J connectivity index is 0.000000440. The van der Waals surface area contributed by atoms with Crippen molar-refractivity contribution in [3.05, 3.63) is 60.7 Å². The molecule has 2 aromatic heterocycles. The van der Waals surface area contributed by atoms with Crippen LogP contribution in [0.2, 0.25) is 0 Å². The molecule has 2 aromatic carbocycles. The first-order valence-corrected chi connectivity index (χ1v) is 12.9. The Morgan fingerprint density at radius 1 is 0.587 bits per heavy atom. The standard InChI is InChI=1S/C24H26N4O4.2C2HF3O2/c25-23-9-7-17-19(27-23)3-1-5-21(17)31-15-13-29-11-12-30-14-16-32-22-6-2-4-20-18(22)8-10-24(26)28-20;2*3-2(4,5)1(6)7/h1-10H,11-16H2,(H2,25,27)(H2,26,28);2*(H,6,7). The highest BCUT2D eigenvalue weighted by Gasteiger charge is 2.38. The molecule has 0 bridgehead atoms. The van der Waals surface area contributed by atoms with Gasteiger partial charge in [0.05, 0.1) is 37.5 Å². The average Bonchev–Trinajstić information content (AvgIpc) is 2.97. The minimum Gasteiger partial charge on any atom is -0.490 e. The predicted octanol–water partition coefficient (Wildman–Crippen LogP) is 4.71. The van der Waals surface area contributed by atoms with Gasteiger partial charge in [0.25, 0.3) is 0 Å². The van der Waals surface area contributed by atoms with Gasteiger partial charge < -0.3 is 40.6 Å². The van der Waals surface area contributed by atoms with E-state index in [9.17, 15) is 26.3 Å². The third-order valence-corrected chi connectivity index (χ3v) is 5.25. The zero-order chi connectivity index (χ0) is 34.3. The molecule has 250 valence electrons. The average molecular weight is 663 g/mol. The van der Waals surface area contributed by atoms with Gasteiger partial charge in [-0.15, -0.1) is 0 Å². The zero-order valence-electron chi connectivity index (χ0n) is 23.7. The number of carboxylic acids is 2. The van der Waals surface area contributed by atoms with Crippen LogP contribution < -0.4 is 20.9 Å². The summed E-state index contributed by atoms with van der Waals surface area (Å²) in [6.45, 7) is 2.76. The number of halogens is 6. The zero-order valence-corrected chi connectivity index (χ0v) is 23.7. The summed E-state index contributed by atoms with van der Waals surface area (Å²) < 4.78 is 86.3. The van der Waals surface area contributed by atoms with Crippen molar-refractivity contribution in [3.8, 4) is 11.5 Å². The number of pyridine rings is 2. The lowest BCUT2D eigenvalue weighted by Gasteiger charge is -2.11. The summed E-state index contributed by atoms with van der Waals surface area (Å²) in [6, 6.07) is 18.8. The molecule has 6 N–H and O–H groups in total. The number of aromatic nitrogens is 2. The van der Waals surface area contributed by atoms with Crippen molar-refractivity contribution in [2.75, 3.05) is 51.1 Å². The number of nitrogens with zero attached hydrogens (tertiary/aromatic N) is 2. The van der Waals surface area contributed by atoms with Crippen LogP contribution in [0.15, 0.2) is 60.7 Å². The SMILES string of the molecule is Nc1ccc2c(OCCOCCOCCOc3cccc4nc(N)ccc34)cccc2n1.O=C(O)C(F)(F)F.O=C(O)C(F)(F)F. The van der Waals surface area contributed by atoms with Crippen LogP contribution in [0.3, 0.4) is 0 Å². The van der Waals surface area contributed by atoms with Crippen LogP contribution in [-0.2, 0) is 19.1 Å². The van der Waals surface area contributed by atoms with E-state index < -0.39 is 24.3 Å². The molecule has 0 spiro atoms. The number of ether oxygens (including phenoxy) is 4. The number of hydrogen-bond donors (Lipinski definition) is 4. The Hall–Kier alpha value is -5.10. The van der Waals surface area contributed by atoms with E-state index in [-0.39, 0.29) is 0 Å². The molecule has 4 aromatic rings. The minimum absolute atomic E-state index is 0.437. The fourth-order valence-corrected chi connectivity index (χ4v) is 3.28. The molecule has 0 aliphatic rings. The number of nitrogens with two attached hydrogens (primary N) is 2. The summed E-state index contributed by atoms with van der Waals surface area (Å²) in [4.78, 5) is 26.4. The molecular weight excluding hydrogens is 634 g/mol. The molecule has 46 heavy (non-hydrogen) atoms. The van der Waals surface area contributed by atoms with Gasteiger partial charge in [-0.05, 0) is 48.5 Å². The van der Waals surface area contributed by atoms with Gasteiger partial charge in [0.1, 0.15) is 36.3 Å². The molecule has 0 saturated carbocycles. The van der Waals surface area contributed by atoms with Crippen molar-refractivity contribution in [1.29, 1.82) is 0 Å². The summed E-state index contributed by atoms with van der Waals surface area (Å²) in [5, 5.41) is 16.1. The molecule has 0 aliphatic carbocycles. The molecule has 12 nitrogen and oxygen atoms in total. The van der Waals surface area contributed by atoms with Crippen LogP contribution >= 0.6 is 0 Å². The maximum Gasteiger partial charge on any atom is 0.490 e. The monoisotopic (exact) mass is 662 g/mol. The molecule has 0 aliphatic heterocycles. The number of rotatable bonds is 11. The second kappa shape index (κ2) is 17.4. The molecule has 0 atom stereocenters. The van der Waals surface area contributed by atoms with Crippen LogP contribution in [0, 0.1) is 0 Å². The molecule has 0 unspecified atom stereocenters. The van der Waals surface area contributed by atoms with Crippen molar-refractivity contribution in [3.63, 3.8) is 0 Å². The fraction of sp³-hybridized carbons (Fsp3) is 0.286. The number of nitrogen functional groups attached to an aromatic ring is 2. The largest absolute Gasteiger partial charge is 0.490 e. The highest BCUT2D eigenvalue weighted by Crippen LogP contribution is 2.26. The Morgan fingerprint density at radius 3 is 1.24 bits per heavy atom. The third-order valence-electron chi connectivity index (χ3n) is 5.25. The van der Waals surface area contributed by atoms with Gasteiger partial charge in [-0.3, -0.25) is 0 Å². The van der Waals surface area contributed by atoms with Crippen molar-refractivity contribution < 1.29 is 65.1 Å². The maximum absolute atomic E-state index is 10.6. The van der Waals surface area contributed by atoms with Gasteiger partial charge in [-0.25, -0.2) is 19.6 Å². The summed E-state index contributed by atoms with van der Waals surface area (Å²) in [7, 11) is 0. The Bertz CT molecular complexity index is 1470. The van der Waals surface area contributed by atoms with Gasteiger partial charge in [0.15, 0.2) is 0 Å². The van der Waals surface area contributed by atoms with E-state index in [1.807, 2.05) is 48.5 Å². The van der Waals surface area contributed by atoms with E-state index in [4.69, 9.17) is 50.2 Å². The van der Waals surface area contributed by atoms with Crippen molar-refractivity contribution in [2.24, 2.45) is 0 Å². The smallest absolute Gasteiger partial charge is 0.490 e. The summed E-state index contributed by atoms with van der Waals surface area (Å²) >= 11 is 0. The first-order chi connectivity index (χ1) is 21.6. The van der Waals surface area contributed by atoms with Crippen LogP contribution in [0.4, 0.5) is 38.0 Å². The molecule has 18 heteroatoms. The molecule has 0 radical (unpaired) electrons. The number of benzene rings is 2. The number of carbonyl (C=O) groups is 2. The molecular formula is C28H28F6N4O8. The van der Waals surface area contributed by atoms with Gasteiger partial charge in [0.2, 0.25) is 0 Å². The number of aliphatic carboxylic acids is 2. The van der Waals surface area contributed by atoms with E-state index in [2.05, 4.69) is 9.97 Å². The third kappa shape index (κ3) is 12.9. The van der Waals surface area contributed by atoms with Gasteiger partial charge in [0, 0.05) is 10.8 Å². The number of alkyl halides is 6.